The molecule has 3 aromatic carbocycles. The first-order valence-corrected chi connectivity index (χ1v) is 9.30. The van der Waals surface area contributed by atoms with Crippen molar-refractivity contribution in [2.24, 2.45) is 0 Å². The van der Waals surface area contributed by atoms with Gasteiger partial charge < -0.3 is 10.2 Å². The van der Waals surface area contributed by atoms with E-state index in [0.29, 0.717) is 12.1 Å². The SMILES string of the molecule is CN(C)C(CNC(=O)c1ccc(C#Cc2ccccc2)cc1)c1ccccc1. The maximum absolute atomic E-state index is 12.5. The number of hydrogen-bond acceptors (Lipinski definition) is 2. The highest BCUT2D eigenvalue weighted by Crippen LogP contribution is 2.17. The highest BCUT2D eigenvalue weighted by Gasteiger charge is 2.15. The molecule has 1 unspecified atom stereocenters. The molecule has 0 spiro atoms. The van der Waals surface area contributed by atoms with Gasteiger partial charge in [-0.25, -0.2) is 0 Å². The van der Waals surface area contributed by atoms with Crippen molar-refractivity contribution in [3.05, 3.63) is 107 Å². The number of nitrogens with zero attached hydrogens (tertiary/aromatic N) is 1. The Morgan fingerprint density at radius 2 is 1.36 bits per heavy atom. The topological polar surface area (TPSA) is 32.3 Å². The Morgan fingerprint density at radius 1 is 0.821 bits per heavy atom. The lowest BCUT2D eigenvalue weighted by molar-refractivity contribution is 0.0942. The summed E-state index contributed by atoms with van der Waals surface area (Å²) in [6, 6.07) is 27.6. The minimum Gasteiger partial charge on any atom is -0.350 e. The lowest BCUT2D eigenvalue weighted by Crippen LogP contribution is -2.34. The van der Waals surface area contributed by atoms with Crippen LogP contribution in [0.5, 0.6) is 0 Å². The van der Waals surface area contributed by atoms with Gasteiger partial charge in [-0.05, 0) is 56.1 Å². The molecule has 1 N–H and O–H groups in total. The molecule has 0 heterocycles. The minimum atomic E-state index is -0.0784. The molecule has 1 amide bonds. The van der Waals surface area contributed by atoms with Gasteiger partial charge in [0.1, 0.15) is 0 Å². The fourth-order valence-electron chi connectivity index (χ4n) is 2.94. The van der Waals surface area contributed by atoms with Crippen LogP contribution in [0.25, 0.3) is 0 Å². The van der Waals surface area contributed by atoms with E-state index in [1.807, 2.05) is 86.9 Å². The Kier molecular flexibility index (Phi) is 6.62. The van der Waals surface area contributed by atoms with Gasteiger partial charge in [0.2, 0.25) is 0 Å². The standard InChI is InChI=1S/C25H24N2O/c1-27(2)24(22-11-7-4-8-12-22)19-26-25(28)23-17-15-21(16-18-23)14-13-20-9-5-3-6-10-20/h3-12,15-18,24H,19H2,1-2H3,(H,26,28). The lowest BCUT2D eigenvalue weighted by Gasteiger charge is -2.25. The molecule has 3 nitrogen and oxygen atoms in total. The molecule has 28 heavy (non-hydrogen) atoms. The van der Waals surface area contributed by atoms with Crippen LogP contribution in [0.1, 0.15) is 33.1 Å². The molecule has 3 rings (SSSR count). The zero-order valence-corrected chi connectivity index (χ0v) is 16.2. The summed E-state index contributed by atoms with van der Waals surface area (Å²) >= 11 is 0. The van der Waals surface area contributed by atoms with Crippen molar-refractivity contribution in [3.8, 4) is 11.8 Å². The molecule has 3 aromatic rings. The smallest absolute Gasteiger partial charge is 0.251 e. The lowest BCUT2D eigenvalue weighted by atomic mass is 10.1. The van der Waals surface area contributed by atoms with E-state index >= 15 is 0 Å². The molecular formula is C25H24N2O. The average Bonchev–Trinajstić information content (AvgIpc) is 2.74. The van der Waals surface area contributed by atoms with E-state index in [9.17, 15) is 4.79 Å². The molecule has 1 atom stereocenters. The van der Waals surface area contributed by atoms with Crippen molar-refractivity contribution >= 4 is 5.91 Å². The summed E-state index contributed by atoms with van der Waals surface area (Å²) in [6.45, 7) is 0.547. The number of nitrogens with one attached hydrogen (secondary N) is 1. The van der Waals surface area contributed by atoms with Crippen molar-refractivity contribution in [2.45, 2.75) is 6.04 Å². The van der Waals surface area contributed by atoms with Crippen LogP contribution in [0.15, 0.2) is 84.9 Å². The highest BCUT2D eigenvalue weighted by molar-refractivity contribution is 5.94. The number of hydrogen-bond donors (Lipinski definition) is 1. The van der Waals surface area contributed by atoms with E-state index < -0.39 is 0 Å². The Morgan fingerprint density at radius 3 is 1.93 bits per heavy atom. The van der Waals surface area contributed by atoms with Gasteiger partial charge in [-0.15, -0.1) is 0 Å². The van der Waals surface area contributed by atoms with E-state index in [1.165, 1.54) is 5.56 Å². The van der Waals surface area contributed by atoms with Gasteiger partial charge in [-0.3, -0.25) is 4.79 Å². The number of carbonyl (C=O) groups excluding carboxylic acids is 1. The van der Waals surface area contributed by atoms with Gasteiger partial charge >= 0.3 is 0 Å². The van der Waals surface area contributed by atoms with Gasteiger partial charge in [0.15, 0.2) is 0 Å². The second-order valence-corrected chi connectivity index (χ2v) is 6.79. The molecule has 140 valence electrons. The average molecular weight is 368 g/mol. The van der Waals surface area contributed by atoms with Gasteiger partial charge in [-0.1, -0.05) is 60.4 Å². The molecule has 0 saturated carbocycles. The molecular weight excluding hydrogens is 344 g/mol. The predicted octanol–water partition coefficient (Wildman–Crippen LogP) is 4.12. The maximum atomic E-state index is 12.5. The molecule has 0 aliphatic heterocycles. The summed E-state index contributed by atoms with van der Waals surface area (Å²) in [6.07, 6.45) is 0. The zero-order chi connectivity index (χ0) is 19.8. The van der Waals surface area contributed by atoms with Gasteiger partial charge in [0.25, 0.3) is 5.91 Å². The third-order valence-corrected chi connectivity index (χ3v) is 4.54. The largest absolute Gasteiger partial charge is 0.350 e. The van der Waals surface area contributed by atoms with Crippen LogP contribution >= 0.6 is 0 Å². The number of carbonyl (C=O) groups is 1. The first-order valence-electron chi connectivity index (χ1n) is 9.30. The van der Waals surface area contributed by atoms with E-state index in [1.54, 1.807) is 0 Å². The van der Waals surface area contributed by atoms with E-state index in [4.69, 9.17) is 0 Å². The summed E-state index contributed by atoms with van der Waals surface area (Å²) in [5.74, 6) is 6.17. The normalized spacial score (nSPS) is 11.4. The molecule has 3 heteroatoms. The zero-order valence-electron chi connectivity index (χ0n) is 16.2. The predicted molar refractivity (Wildman–Crippen MR) is 114 cm³/mol. The fraction of sp³-hybridized carbons (Fsp3) is 0.160. The maximum Gasteiger partial charge on any atom is 0.251 e. The Labute approximate surface area is 167 Å². The van der Waals surface area contributed by atoms with Crippen molar-refractivity contribution in [1.29, 1.82) is 0 Å². The van der Waals surface area contributed by atoms with Crippen LogP contribution in [-0.4, -0.2) is 31.4 Å². The minimum absolute atomic E-state index is 0.0784. The Bertz CT molecular complexity index is 952. The van der Waals surface area contributed by atoms with E-state index in [2.05, 4.69) is 34.2 Å². The number of benzene rings is 3. The molecule has 0 saturated heterocycles. The molecule has 0 fully saturated rings. The molecule has 0 radical (unpaired) electrons. The molecule has 0 aliphatic rings. The van der Waals surface area contributed by atoms with Crippen LogP contribution in [0.4, 0.5) is 0 Å². The summed E-state index contributed by atoms with van der Waals surface area (Å²) in [4.78, 5) is 14.6. The molecule has 0 aromatic heterocycles. The van der Waals surface area contributed by atoms with Crippen LogP contribution in [-0.2, 0) is 0 Å². The van der Waals surface area contributed by atoms with Gasteiger partial charge in [-0.2, -0.15) is 0 Å². The monoisotopic (exact) mass is 368 g/mol. The molecule has 0 aliphatic carbocycles. The van der Waals surface area contributed by atoms with Crippen molar-refractivity contribution < 1.29 is 4.79 Å². The summed E-state index contributed by atoms with van der Waals surface area (Å²) in [7, 11) is 4.04. The fourth-order valence-corrected chi connectivity index (χ4v) is 2.94. The second-order valence-electron chi connectivity index (χ2n) is 6.79. The molecule has 0 bridgehead atoms. The first-order chi connectivity index (χ1) is 13.6. The number of rotatable bonds is 5. The number of likely N-dealkylation sites (N-methyl/N-ethyl adjacent to an activating group) is 1. The van der Waals surface area contributed by atoms with Gasteiger partial charge in [0.05, 0.1) is 6.04 Å². The Hall–Kier alpha value is -3.35. The van der Waals surface area contributed by atoms with Crippen LogP contribution in [0.3, 0.4) is 0 Å². The van der Waals surface area contributed by atoms with Crippen molar-refractivity contribution in [3.63, 3.8) is 0 Å². The third kappa shape index (κ3) is 5.33. The summed E-state index contributed by atoms with van der Waals surface area (Å²) < 4.78 is 0. The highest BCUT2D eigenvalue weighted by atomic mass is 16.1. The van der Waals surface area contributed by atoms with E-state index in [0.717, 1.165) is 11.1 Å². The Balaban J connectivity index is 1.62. The summed E-state index contributed by atoms with van der Waals surface area (Å²) in [5.41, 5.74) is 3.67. The van der Waals surface area contributed by atoms with Crippen LogP contribution in [0.2, 0.25) is 0 Å². The van der Waals surface area contributed by atoms with Gasteiger partial charge in [0, 0.05) is 23.2 Å². The van der Waals surface area contributed by atoms with E-state index in [-0.39, 0.29) is 11.9 Å². The number of amides is 1. The second kappa shape index (κ2) is 9.55. The quantitative estimate of drug-likeness (QED) is 0.687. The van der Waals surface area contributed by atoms with Crippen LogP contribution < -0.4 is 5.32 Å². The van der Waals surface area contributed by atoms with Crippen LogP contribution in [0, 0.1) is 11.8 Å². The van der Waals surface area contributed by atoms with Crippen molar-refractivity contribution in [2.75, 3.05) is 20.6 Å². The first kappa shape index (κ1) is 19.4. The third-order valence-electron chi connectivity index (χ3n) is 4.54. The van der Waals surface area contributed by atoms with Crippen molar-refractivity contribution in [1.82, 2.24) is 10.2 Å². The summed E-state index contributed by atoms with van der Waals surface area (Å²) in [5, 5.41) is 3.04.